The standard InChI is InChI=1S/C16H17Cl2NS/c1-11-4-2-3-5-16(11)20-10-13(19)8-12-6-7-14(17)15(18)9-12/h2-7,9,13H,8,10,19H2,1H3. The molecule has 1 nitrogen and oxygen atoms in total. The topological polar surface area (TPSA) is 26.0 Å². The smallest absolute Gasteiger partial charge is 0.0595 e. The molecule has 0 amide bonds. The molecular weight excluding hydrogens is 309 g/mol. The maximum atomic E-state index is 6.19. The van der Waals surface area contributed by atoms with Gasteiger partial charge in [-0.1, -0.05) is 47.5 Å². The van der Waals surface area contributed by atoms with Gasteiger partial charge in [0.2, 0.25) is 0 Å². The van der Waals surface area contributed by atoms with E-state index in [1.54, 1.807) is 11.8 Å². The van der Waals surface area contributed by atoms with Crippen molar-refractivity contribution in [2.45, 2.75) is 24.3 Å². The van der Waals surface area contributed by atoms with Crippen LogP contribution in [0.1, 0.15) is 11.1 Å². The van der Waals surface area contributed by atoms with Crippen molar-refractivity contribution < 1.29 is 0 Å². The molecule has 2 aromatic rings. The van der Waals surface area contributed by atoms with Gasteiger partial charge in [0.25, 0.3) is 0 Å². The Kier molecular flexibility index (Phi) is 5.79. The predicted molar refractivity (Wildman–Crippen MR) is 90.0 cm³/mol. The number of hydrogen-bond acceptors (Lipinski definition) is 2. The third-order valence-corrected chi connectivity index (χ3v) is 5.13. The van der Waals surface area contributed by atoms with Gasteiger partial charge in [-0.15, -0.1) is 11.8 Å². The maximum absolute atomic E-state index is 6.19. The average Bonchev–Trinajstić information content (AvgIpc) is 2.42. The summed E-state index contributed by atoms with van der Waals surface area (Å²) in [6.45, 7) is 2.12. The molecule has 2 rings (SSSR count). The van der Waals surface area contributed by atoms with E-state index in [4.69, 9.17) is 28.9 Å². The number of aryl methyl sites for hydroxylation is 1. The molecule has 0 saturated heterocycles. The van der Waals surface area contributed by atoms with Gasteiger partial charge in [-0.2, -0.15) is 0 Å². The summed E-state index contributed by atoms with van der Waals surface area (Å²) in [4.78, 5) is 1.29. The molecule has 2 N–H and O–H groups in total. The first kappa shape index (κ1) is 15.7. The molecule has 0 heterocycles. The van der Waals surface area contributed by atoms with Crippen LogP contribution in [0.25, 0.3) is 0 Å². The molecule has 0 aliphatic heterocycles. The van der Waals surface area contributed by atoms with Crippen LogP contribution in [-0.4, -0.2) is 11.8 Å². The Balaban J connectivity index is 1.91. The second kappa shape index (κ2) is 7.37. The van der Waals surface area contributed by atoms with E-state index in [9.17, 15) is 0 Å². The molecule has 1 unspecified atom stereocenters. The van der Waals surface area contributed by atoms with Crippen LogP contribution in [0, 0.1) is 6.92 Å². The Labute approximate surface area is 134 Å². The highest BCUT2D eigenvalue weighted by Gasteiger charge is 2.08. The van der Waals surface area contributed by atoms with E-state index in [1.807, 2.05) is 18.2 Å². The molecule has 0 radical (unpaired) electrons. The van der Waals surface area contributed by atoms with Crippen LogP contribution in [0.2, 0.25) is 10.0 Å². The molecular formula is C16H17Cl2NS. The van der Waals surface area contributed by atoms with Gasteiger partial charge >= 0.3 is 0 Å². The van der Waals surface area contributed by atoms with Crippen molar-refractivity contribution in [3.63, 3.8) is 0 Å². The lowest BCUT2D eigenvalue weighted by Gasteiger charge is -2.13. The van der Waals surface area contributed by atoms with Crippen LogP contribution >= 0.6 is 35.0 Å². The molecule has 0 fully saturated rings. The summed E-state index contributed by atoms with van der Waals surface area (Å²) in [6, 6.07) is 14.1. The van der Waals surface area contributed by atoms with Crippen molar-refractivity contribution in [3.05, 3.63) is 63.6 Å². The zero-order valence-electron chi connectivity index (χ0n) is 11.3. The Hall–Kier alpha value is -0.670. The van der Waals surface area contributed by atoms with Crippen molar-refractivity contribution in [3.8, 4) is 0 Å². The van der Waals surface area contributed by atoms with Gasteiger partial charge in [0.05, 0.1) is 10.0 Å². The maximum Gasteiger partial charge on any atom is 0.0595 e. The molecule has 4 heteroatoms. The van der Waals surface area contributed by atoms with E-state index in [0.29, 0.717) is 10.0 Å². The highest BCUT2D eigenvalue weighted by atomic mass is 35.5. The summed E-state index contributed by atoms with van der Waals surface area (Å²) in [7, 11) is 0. The Bertz CT molecular complexity index is 586. The number of rotatable bonds is 5. The second-order valence-corrected chi connectivity index (χ2v) is 6.67. The van der Waals surface area contributed by atoms with E-state index in [0.717, 1.165) is 17.7 Å². The SMILES string of the molecule is Cc1ccccc1SCC(N)Cc1ccc(Cl)c(Cl)c1. The van der Waals surface area contributed by atoms with Gasteiger partial charge in [-0.05, 0) is 42.7 Å². The third kappa shape index (κ3) is 4.42. The lowest BCUT2D eigenvalue weighted by Crippen LogP contribution is -2.25. The monoisotopic (exact) mass is 325 g/mol. The van der Waals surface area contributed by atoms with Crippen LogP contribution < -0.4 is 5.73 Å². The molecule has 0 bridgehead atoms. The zero-order valence-corrected chi connectivity index (χ0v) is 13.6. The predicted octanol–water partition coefficient (Wildman–Crippen LogP) is 4.96. The zero-order chi connectivity index (χ0) is 14.5. The summed E-state index contributed by atoms with van der Waals surface area (Å²) in [5, 5.41) is 1.17. The van der Waals surface area contributed by atoms with Crippen LogP contribution in [0.15, 0.2) is 47.4 Å². The normalized spacial score (nSPS) is 12.4. The molecule has 0 aliphatic carbocycles. The van der Waals surface area contributed by atoms with E-state index in [1.165, 1.54) is 10.5 Å². The fraction of sp³-hybridized carbons (Fsp3) is 0.250. The van der Waals surface area contributed by atoms with Crippen molar-refractivity contribution in [1.82, 2.24) is 0 Å². The molecule has 1 atom stereocenters. The summed E-state index contributed by atoms with van der Waals surface area (Å²) in [6.07, 6.45) is 0.801. The summed E-state index contributed by atoms with van der Waals surface area (Å²) in [5.41, 5.74) is 8.61. The fourth-order valence-electron chi connectivity index (χ4n) is 1.94. The minimum atomic E-state index is 0.0943. The number of thioether (sulfide) groups is 1. The van der Waals surface area contributed by atoms with Gasteiger partial charge in [0.1, 0.15) is 0 Å². The summed E-state index contributed by atoms with van der Waals surface area (Å²) in [5.74, 6) is 0.880. The molecule has 106 valence electrons. The molecule has 0 aromatic heterocycles. The number of halogens is 2. The van der Waals surface area contributed by atoms with Crippen LogP contribution in [0.3, 0.4) is 0 Å². The quantitative estimate of drug-likeness (QED) is 0.786. The van der Waals surface area contributed by atoms with Gasteiger partial charge in [0, 0.05) is 16.7 Å². The lowest BCUT2D eigenvalue weighted by molar-refractivity contribution is 0.748. The fourth-order valence-corrected chi connectivity index (χ4v) is 3.25. The summed E-state index contributed by atoms with van der Waals surface area (Å²) < 4.78 is 0. The first-order valence-corrected chi connectivity index (χ1v) is 8.18. The molecule has 0 aliphatic rings. The molecule has 2 aromatic carbocycles. The minimum absolute atomic E-state index is 0.0943. The number of benzene rings is 2. The van der Waals surface area contributed by atoms with Gasteiger partial charge < -0.3 is 5.73 Å². The summed E-state index contributed by atoms with van der Waals surface area (Å²) >= 11 is 13.7. The highest BCUT2D eigenvalue weighted by Crippen LogP contribution is 2.25. The first-order valence-electron chi connectivity index (χ1n) is 6.44. The number of nitrogens with two attached hydrogens (primary N) is 1. The average molecular weight is 326 g/mol. The van der Waals surface area contributed by atoms with Gasteiger partial charge in [-0.25, -0.2) is 0 Å². The van der Waals surface area contributed by atoms with Crippen molar-refractivity contribution in [1.29, 1.82) is 0 Å². The molecule has 0 saturated carbocycles. The number of hydrogen-bond donors (Lipinski definition) is 1. The molecule has 0 spiro atoms. The Morgan fingerprint density at radius 1 is 1.10 bits per heavy atom. The lowest BCUT2D eigenvalue weighted by atomic mass is 10.1. The van der Waals surface area contributed by atoms with E-state index in [2.05, 4.69) is 31.2 Å². The third-order valence-electron chi connectivity index (χ3n) is 3.03. The first-order chi connectivity index (χ1) is 9.56. The Morgan fingerprint density at radius 3 is 2.55 bits per heavy atom. The molecule has 20 heavy (non-hydrogen) atoms. The van der Waals surface area contributed by atoms with Crippen LogP contribution in [0.5, 0.6) is 0 Å². The van der Waals surface area contributed by atoms with Gasteiger partial charge in [-0.3, -0.25) is 0 Å². The second-order valence-electron chi connectivity index (χ2n) is 4.79. The van der Waals surface area contributed by atoms with E-state index < -0.39 is 0 Å². The minimum Gasteiger partial charge on any atom is -0.327 e. The largest absolute Gasteiger partial charge is 0.327 e. The van der Waals surface area contributed by atoms with Crippen molar-refractivity contribution in [2.24, 2.45) is 5.73 Å². The van der Waals surface area contributed by atoms with Crippen molar-refractivity contribution >= 4 is 35.0 Å². The van der Waals surface area contributed by atoms with Gasteiger partial charge in [0.15, 0.2) is 0 Å². The Morgan fingerprint density at radius 2 is 1.85 bits per heavy atom. The van der Waals surface area contributed by atoms with Crippen molar-refractivity contribution in [2.75, 3.05) is 5.75 Å². The van der Waals surface area contributed by atoms with E-state index >= 15 is 0 Å². The van der Waals surface area contributed by atoms with Crippen LogP contribution in [0.4, 0.5) is 0 Å². The highest BCUT2D eigenvalue weighted by molar-refractivity contribution is 7.99. The van der Waals surface area contributed by atoms with Crippen LogP contribution in [-0.2, 0) is 6.42 Å². The van der Waals surface area contributed by atoms with E-state index in [-0.39, 0.29) is 6.04 Å².